The standard InChI is InChI=1S/C20H24FN3O2/c1-12-6-5-7-17(18(12)21)10-16-8-9-24(11-13(16)2)20(25)22-19-14(3)15(4)23-26-19/h5-7,10,13H,8-9,11H2,1-4H3,(H,22,25). The molecule has 0 saturated carbocycles. The van der Waals surface area contributed by atoms with Crippen LogP contribution in [0.4, 0.5) is 15.1 Å². The number of aromatic nitrogens is 1. The summed E-state index contributed by atoms with van der Waals surface area (Å²) in [6, 6.07) is 5.22. The lowest BCUT2D eigenvalue weighted by Crippen LogP contribution is -2.42. The highest BCUT2D eigenvalue weighted by atomic mass is 19.1. The van der Waals surface area contributed by atoms with Gasteiger partial charge in [-0.1, -0.05) is 41.9 Å². The van der Waals surface area contributed by atoms with Crippen LogP contribution in [0.1, 0.15) is 35.7 Å². The number of nitrogens with zero attached hydrogens (tertiary/aromatic N) is 2. The average Bonchev–Trinajstić information content (AvgIpc) is 2.92. The molecule has 1 fully saturated rings. The largest absolute Gasteiger partial charge is 0.338 e. The Balaban J connectivity index is 1.68. The van der Waals surface area contributed by atoms with E-state index in [1.807, 2.05) is 26.0 Å². The van der Waals surface area contributed by atoms with Crippen molar-refractivity contribution in [1.82, 2.24) is 10.1 Å². The van der Waals surface area contributed by atoms with E-state index in [4.69, 9.17) is 4.52 Å². The Bertz CT molecular complexity index is 857. The van der Waals surface area contributed by atoms with E-state index in [-0.39, 0.29) is 17.8 Å². The van der Waals surface area contributed by atoms with Crippen molar-refractivity contribution in [2.75, 3.05) is 18.4 Å². The number of rotatable bonds is 2. The molecule has 26 heavy (non-hydrogen) atoms. The van der Waals surface area contributed by atoms with Crippen LogP contribution in [0.25, 0.3) is 6.08 Å². The molecule has 1 aromatic carbocycles. The summed E-state index contributed by atoms with van der Waals surface area (Å²) in [5.41, 5.74) is 4.00. The van der Waals surface area contributed by atoms with Gasteiger partial charge >= 0.3 is 6.03 Å². The molecule has 1 atom stereocenters. The molecule has 6 heteroatoms. The smallest absolute Gasteiger partial charge is 0.324 e. The van der Waals surface area contributed by atoms with E-state index in [1.165, 1.54) is 0 Å². The molecule has 2 amide bonds. The number of hydrogen-bond acceptors (Lipinski definition) is 3. The van der Waals surface area contributed by atoms with Crippen LogP contribution in [0.3, 0.4) is 0 Å². The van der Waals surface area contributed by atoms with Gasteiger partial charge in [-0.2, -0.15) is 0 Å². The van der Waals surface area contributed by atoms with Gasteiger partial charge in [0.15, 0.2) is 0 Å². The zero-order valence-corrected chi connectivity index (χ0v) is 15.6. The highest BCUT2D eigenvalue weighted by Crippen LogP contribution is 2.27. The van der Waals surface area contributed by atoms with E-state index >= 15 is 0 Å². The van der Waals surface area contributed by atoms with Crippen LogP contribution in [-0.4, -0.2) is 29.2 Å². The lowest BCUT2D eigenvalue weighted by Gasteiger charge is -2.33. The molecule has 0 bridgehead atoms. The first-order chi connectivity index (χ1) is 12.4. The number of anilines is 1. The average molecular weight is 357 g/mol. The fourth-order valence-corrected chi connectivity index (χ4v) is 3.14. The summed E-state index contributed by atoms with van der Waals surface area (Å²) in [7, 11) is 0. The highest BCUT2D eigenvalue weighted by molar-refractivity contribution is 5.88. The lowest BCUT2D eigenvalue weighted by molar-refractivity contribution is 0.197. The molecule has 0 aliphatic carbocycles. The number of nitrogens with one attached hydrogen (secondary N) is 1. The van der Waals surface area contributed by atoms with Gasteiger partial charge in [0.1, 0.15) is 5.82 Å². The van der Waals surface area contributed by atoms with Gasteiger partial charge in [0.25, 0.3) is 0 Å². The normalized spacial score (nSPS) is 19.0. The second-order valence-corrected chi connectivity index (χ2v) is 6.95. The molecular formula is C20H24FN3O2. The number of likely N-dealkylation sites (tertiary alicyclic amines) is 1. The van der Waals surface area contributed by atoms with E-state index < -0.39 is 0 Å². The van der Waals surface area contributed by atoms with Gasteiger partial charge in [0.2, 0.25) is 5.88 Å². The van der Waals surface area contributed by atoms with E-state index in [1.54, 1.807) is 24.0 Å². The topological polar surface area (TPSA) is 58.4 Å². The summed E-state index contributed by atoms with van der Waals surface area (Å²) < 4.78 is 19.4. The van der Waals surface area contributed by atoms with Crippen molar-refractivity contribution in [2.24, 2.45) is 5.92 Å². The minimum Gasteiger partial charge on any atom is -0.338 e. The van der Waals surface area contributed by atoms with Gasteiger partial charge in [0.05, 0.1) is 5.69 Å². The van der Waals surface area contributed by atoms with Crippen LogP contribution >= 0.6 is 0 Å². The third-order valence-electron chi connectivity index (χ3n) is 5.03. The van der Waals surface area contributed by atoms with Crippen molar-refractivity contribution in [3.63, 3.8) is 0 Å². The van der Waals surface area contributed by atoms with Crippen molar-refractivity contribution < 1.29 is 13.7 Å². The van der Waals surface area contributed by atoms with Crippen molar-refractivity contribution in [2.45, 2.75) is 34.1 Å². The lowest BCUT2D eigenvalue weighted by atomic mass is 9.91. The highest BCUT2D eigenvalue weighted by Gasteiger charge is 2.26. The molecule has 1 aromatic heterocycles. The van der Waals surface area contributed by atoms with Crippen LogP contribution in [0.5, 0.6) is 0 Å². The molecule has 2 heterocycles. The molecule has 1 aliphatic rings. The summed E-state index contributed by atoms with van der Waals surface area (Å²) >= 11 is 0. The van der Waals surface area contributed by atoms with Gasteiger partial charge in [-0.3, -0.25) is 5.32 Å². The van der Waals surface area contributed by atoms with Crippen LogP contribution in [-0.2, 0) is 0 Å². The predicted molar refractivity (Wildman–Crippen MR) is 99.5 cm³/mol. The second kappa shape index (κ2) is 7.32. The zero-order valence-electron chi connectivity index (χ0n) is 15.6. The Morgan fingerprint density at radius 2 is 2.15 bits per heavy atom. The van der Waals surface area contributed by atoms with Crippen molar-refractivity contribution in [3.8, 4) is 0 Å². The summed E-state index contributed by atoms with van der Waals surface area (Å²) in [5.74, 6) is 0.374. The van der Waals surface area contributed by atoms with Gasteiger partial charge in [-0.25, -0.2) is 9.18 Å². The van der Waals surface area contributed by atoms with Crippen LogP contribution in [0.15, 0.2) is 28.3 Å². The number of halogens is 1. The minimum absolute atomic E-state index is 0.159. The van der Waals surface area contributed by atoms with E-state index in [0.29, 0.717) is 30.1 Å². The fraction of sp³-hybridized carbons (Fsp3) is 0.400. The molecular weight excluding hydrogens is 333 g/mol. The number of urea groups is 1. The summed E-state index contributed by atoms with van der Waals surface area (Å²) in [4.78, 5) is 14.2. The number of amides is 2. The molecule has 5 nitrogen and oxygen atoms in total. The Morgan fingerprint density at radius 3 is 2.81 bits per heavy atom. The Labute approximate surface area is 152 Å². The number of benzene rings is 1. The van der Waals surface area contributed by atoms with Crippen molar-refractivity contribution >= 4 is 18.0 Å². The molecule has 0 radical (unpaired) electrons. The maximum atomic E-state index is 14.2. The Kier molecular flexibility index (Phi) is 5.11. The second-order valence-electron chi connectivity index (χ2n) is 6.95. The quantitative estimate of drug-likeness (QED) is 0.848. The fourth-order valence-electron chi connectivity index (χ4n) is 3.14. The molecule has 138 valence electrons. The predicted octanol–water partition coefficient (Wildman–Crippen LogP) is 4.70. The van der Waals surface area contributed by atoms with Crippen LogP contribution < -0.4 is 5.32 Å². The van der Waals surface area contributed by atoms with Gasteiger partial charge in [0, 0.05) is 24.2 Å². The van der Waals surface area contributed by atoms with Crippen molar-refractivity contribution in [1.29, 1.82) is 0 Å². The van der Waals surface area contributed by atoms with Gasteiger partial charge in [-0.05, 0) is 38.7 Å². The first-order valence-corrected chi connectivity index (χ1v) is 8.81. The first-order valence-electron chi connectivity index (χ1n) is 8.81. The number of piperidine rings is 1. The molecule has 3 rings (SSSR count). The summed E-state index contributed by atoms with van der Waals surface area (Å²) in [5, 5.41) is 6.63. The van der Waals surface area contributed by atoms with E-state index in [9.17, 15) is 9.18 Å². The molecule has 1 aliphatic heterocycles. The third kappa shape index (κ3) is 3.64. The number of carbonyl (C=O) groups is 1. The molecule has 1 unspecified atom stereocenters. The first kappa shape index (κ1) is 18.2. The Hall–Kier alpha value is -2.63. The third-order valence-corrected chi connectivity index (χ3v) is 5.03. The molecule has 0 spiro atoms. The van der Waals surface area contributed by atoms with E-state index in [2.05, 4.69) is 17.4 Å². The number of hydrogen-bond donors (Lipinski definition) is 1. The van der Waals surface area contributed by atoms with E-state index in [0.717, 1.165) is 23.3 Å². The monoisotopic (exact) mass is 357 g/mol. The molecule has 1 N–H and O–H groups in total. The number of aryl methyl sites for hydroxylation is 2. The SMILES string of the molecule is Cc1cccc(C=C2CCN(C(=O)Nc3onc(C)c3C)CC2C)c1F. The maximum Gasteiger partial charge on any atom is 0.324 e. The van der Waals surface area contributed by atoms with Gasteiger partial charge in [-0.15, -0.1) is 0 Å². The van der Waals surface area contributed by atoms with Crippen molar-refractivity contribution in [3.05, 3.63) is 52.0 Å². The molecule has 2 aromatic rings. The minimum atomic E-state index is -0.197. The number of carbonyl (C=O) groups excluding carboxylic acids is 1. The van der Waals surface area contributed by atoms with Crippen LogP contribution in [0.2, 0.25) is 0 Å². The Morgan fingerprint density at radius 1 is 1.38 bits per heavy atom. The van der Waals surface area contributed by atoms with Crippen LogP contribution in [0, 0.1) is 32.5 Å². The van der Waals surface area contributed by atoms with Gasteiger partial charge < -0.3 is 9.42 Å². The summed E-state index contributed by atoms with van der Waals surface area (Å²) in [6.45, 7) is 8.68. The zero-order chi connectivity index (χ0) is 18.8. The summed E-state index contributed by atoms with van der Waals surface area (Å²) in [6.07, 6.45) is 2.64. The molecule has 1 saturated heterocycles. The maximum absolute atomic E-state index is 14.2.